The third-order valence-corrected chi connectivity index (χ3v) is 2.92. The standard InChI is InChI=1S/C12H15F4NO6/c1-4-8(17-11(20)12(14,15)16)9(22-5(2)18)7(13)10(21-4)23-6(3)19/h4,7-10H,1-3H3,(H,17,20)/t4-,7-,8-,9-,10-/m1/s1. The predicted octanol–water partition coefficient (Wildman–Crippen LogP) is 0.611. The molecule has 0 spiro atoms. The fraction of sp³-hybridized carbons (Fsp3) is 0.750. The van der Waals surface area contributed by atoms with Crippen molar-refractivity contribution in [2.24, 2.45) is 0 Å². The van der Waals surface area contributed by atoms with Crippen LogP contribution in [0, 0.1) is 0 Å². The molecular formula is C12H15F4NO6. The highest BCUT2D eigenvalue weighted by Crippen LogP contribution is 2.28. The number of alkyl halides is 4. The van der Waals surface area contributed by atoms with Gasteiger partial charge in [0.15, 0.2) is 6.10 Å². The highest BCUT2D eigenvalue weighted by atomic mass is 19.4. The number of carbonyl (C=O) groups excluding carboxylic acids is 3. The van der Waals surface area contributed by atoms with Crippen LogP contribution >= 0.6 is 0 Å². The minimum atomic E-state index is -5.21. The maximum absolute atomic E-state index is 14.3. The van der Waals surface area contributed by atoms with Gasteiger partial charge in [-0.1, -0.05) is 0 Å². The van der Waals surface area contributed by atoms with Gasteiger partial charge < -0.3 is 19.5 Å². The summed E-state index contributed by atoms with van der Waals surface area (Å²) in [6, 6.07) is -1.62. The molecule has 0 aliphatic carbocycles. The van der Waals surface area contributed by atoms with E-state index in [9.17, 15) is 31.9 Å². The normalized spacial score (nSPS) is 31.2. The third-order valence-electron chi connectivity index (χ3n) is 2.92. The zero-order chi connectivity index (χ0) is 17.9. The maximum atomic E-state index is 14.3. The number of hydrogen-bond donors (Lipinski definition) is 1. The lowest BCUT2D eigenvalue weighted by Crippen LogP contribution is -2.64. The van der Waals surface area contributed by atoms with E-state index in [1.54, 1.807) is 0 Å². The van der Waals surface area contributed by atoms with Crippen molar-refractivity contribution in [3.8, 4) is 0 Å². The van der Waals surface area contributed by atoms with Gasteiger partial charge in [0.2, 0.25) is 12.5 Å². The van der Waals surface area contributed by atoms with Crippen LogP contribution in [0.2, 0.25) is 0 Å². The van der Waals surface area contributed by atoms with Crippen molar-refractivity contribution in [2.75, 3.05) is 0 Å². The summed E-state index contributed by atoms with van der Waals surface area (Å²) in [5.74, 6) is -4.22. The summed E-state index contributed by atoms with van der Waals surface area (Å²) >= 11 is 0. The molecule has 1 aliphatic rings. The molecule has 0 radical (unpaired) electrons. The molecule has 0 unspecified atom stereocenters. The second kappa shape index (κ2) is 7.11. The zero-order valence-corrected chi connectivity index (χ0v) is 12.3. The second-order valence-corrected chi connectivity index (χ2v) is 4.83. The van der Waals surface area contributed by atoms with Crippen molar-refractivity contribution < 1.29 is 46.2 Å². The number of hydrogen-bond acceptors (Lipinski definition) is 6. The minimum absolute atomic E-state index is 0.899. The average molecular weight is 345 g/mol. The lowest BCUT2D eigenvalue weighted by Gasteiger charge is -2.41. The molecule has 1 N–H and O–H groups in total. The fourth-order valence-electron chi connectivity index (χ4n) is 2.01. The topological polar surface area (TPSA) is 90.9 Å². The van der Waals surface area contributed by atoms with Gasteiger partial charge in [-0.3, -0.25) is 14.4 Å². The summed E-state index contributed by atoms with van der Waals surface area (Å²) in [5, 5.41) is 1.52. The van der Waals surface area contributed by atoms with E-state index in [2.05, 4.69) is 9.47 Å². The Bertz CT molecular complexity index is 483. The first-order valence-corrected chi connectivity index (χ1v) is 6.45. The molecular weight excluding hydrogens is 330 g/mol. The molecule has 1 fully saturated rings. The quantitative estimate of drug-likeness (QED) is 0.595. The van der Waals surface area contributed by atoms with Gasteiger partial charge in [0, 0.05) is 13.8 Å². The Labute approximate surface area is 128 Å². The summed E-state index contributed by atoms with van der Waals surface area (Å²) < 4.78 is 65.5. The molecule has 5 atom stereocenters. The van der Waals surface area contributed by atoms with Crippen LogP contribution in [0.4, 0.5) is 17.6 Å². The summed E-state index contributed by atoms with van der Waals surface area (Å²) in [6.07, 6.45) is -12.3. The first-order chi connectivity index (χ1) is 10.4. The van der Waals surface area contributed by atoms with Crippen molar-refractivity contribution in [1.29, 1.82) is 0 Å². The van der Waals surface area contributed by atoms with Gasteiger partial charge in [0.25, 0.3) is 0 Å². The molecule has 1 saturated heterocycles. The molecule has 132 valence electrons. The Hall–Kier alpha value is -1.91. The molecule has 1 aliphatic heterocycles. The summed E-state index contributed by atoms with van der Waals surface area (Å²) in [5.41, 5.74) is 0. The molecule has 11 heteroatoms. The van der Waals surface area contributed by atoms with Crippen molar-refractivity contribution >= 4 is 17.8 Å². The molecule has 0 saturated carbocycles. The van der Waals surface area contributed by atoms with Gasteiger partial charge in [0.05, 0.1) is 12.1 Å². The number of carbonyl (C=O) groups is 3. The molecule has 0 aromatic carbocycles. The smallest absolute Gasteiger partial charge is 0.457 e. The van der Waals surface area contributed by atoms with Crippen molar-refractivity contribution in [1.82, 2.24) is 5.32 Å². The fourth-order valence-corrected chi connectivity index (χ4v) is 2.01. The zero-order valence-electron chi connectivity index (χ0n) is 12.3. The number of esters is 2. The molecule has 23 heavy (non-hydrogen) atoms. The summed E-state index contributed by atoms with van der Waals surface area (Å²) in [7, 11) is 0. The van der Waals surface area contributed by atoms with Gasteiger partial charge in [-0.15, -0.1) is 0 Å². The van der Waals surface area contributed by atoms with Crippen LogP contribution in [0.15, 0.2) is 0 Å². The number of halogens is 4. The van der Waals surface area contributed by atoms with Crippen molar-refractivity contribution in [3.05, 3.63) is 0 Å². The van der Waals surface area contributed by atoms with E-state index in [-0.39, 0.29) is 0 Å². The highest BCUT2D eigenvalue weighted by molar-refractivity contribution is 5.82. The molecule has 0 aromatic heterocycles. The Kier molecular flexibility index (Phi) is 5.92. The molecule has 7 nitrogen and oxygen atoms in total. The predicted molar refractivity (Wildman–Crippen MR) is 64.5 cm³/mol. The summed E-state index contributed by atoms with van der Waals surface area (Å²) in [4.78, 5) is 33.0. The van der Waals surface area contributed by atoms with Gasteiger partial charge in [-0.25, -0.2) is 4.39 Å². The lowest BCUT2D eigenvalue weighted by atomic mass is 9.97. The van der Waals surface area contributed by atoms with Gasteiger partial charge in [-0.05, 0) is 6.92 Å². The number of rotatable bonds is 3. The van der Waals surface area contributed by atoms with Crippen LogP contribution in [0.3, 0.4) is 0 Å². The van der Waals surface area contributed by atoms with Crippen LogP contribution in [0.1, 0.15) is 20.8 Å². The molecule has 0 aromatic rings. The Morgan fingerprint density at radius 1 is 1.09 bits per heavy atom. The molecule has 1 rings (SSSR count). The van der Waals surface area contributed by atoms with Crippen LogP contribution in [-0.2, 0) is 28.6 Å². The van der Waals surface area contributed by atoms with E-state index in [1.165, 1.54) is 12.2 Å². The molecule has 1 heterocycles. The number of ether oxygens (including phenoxy) is 3. The summed E-state index contributed by atoms with van der Waals surface area (Å²) in [6.45, 7) is 3.09. The van der Waals surface area contributed by atoms with Gasteiger partial charge in [-0.2, -0.15) is 13.2 Å². The van der Waals surface area contributed by atoms with Crippen LogP contribution in [-0.4, -0.2) is 54.7 Å². The van der Waals surface area contributed by atoms with E-state index in [0.29, 0.717) is 0 Å². The Morgan fingerprint density at radius 3 is 2.04 bits per heavy atom. The highest BCUT2D eigenvalue weighted by Gasteiger charge is 2.51. The van der Waals surface area contributed by atoms with Crippen LogP contribution in [0.5, 0.6) is 0 Å². The first kappa shape index (κ1) is 19.1. The largest absolute Gasteiger partial charge is 0.471 e. The second-order valence-electron chi connectivity index (χ2n) is 4.83. The average Bonchev–Trinajstić information content (AvgIpc) is 2.37. The van der Waals surface area contributed by atoms with Crippen molar-refractivity contribution in [2.45, 2.75) is 57.7 Å². The Morgan fingerprint density at radius 2 is 1.61 bits per heavy atom. The lowest BCUT2D eigenvalue weighted by molar-refractivity contribution is -0.253. The molecule has 1 amide bonds. The molecule has 0 bridgehead atoms. The minimum Gasteiger partial charge on any atom is -0.457 e. The van der Waals surface area contributed by atoms with E-state index in [1.807, 2.05) is 0 Å². The van der Waals surface area contributed by atoms with Gasteiger partial charge >= 0.3 is 24.0 Å². The monoisotopic (exact) mass is 345 g/mol. The van der Waals surface area contributed by atoms with E-state index in [4.69, 9.17) is 4.74 Å². The SMILES string of the molecule is CC(=O)O[C@H]1O[C@H](C)[C@@H](NC(=O)C(F)(F)F)[C@H](OC(C)=O)[C@H]1F. The Balaban J connectivity index is 3.00. The van der Waals surface area contributed by atoms with E-state index in [0.717, 1.165) is 13.8 Å². The van der Waals surface area contributed by atoms with Crippen LogP contribution < -0.4 is 5.32 Å². The number of nitrogens with one attached hydrogen (secondary N) is 1. The maximum Gasteiger partial charge on any atom is 0.471 e. The third kappa shape index (κ3) is 5.05. The van der Waals surface area contributed by atoms with Crippen molar-refractivity contribution in [3.63, 3.8) is 0 Å². The van der Waals surface area contributed by atoms with E-state index >= 15 is 0 Å². The van der Waals surface area contributed by atoms with Crippen LogP contribution in [0.25, 0.3) is 0 Å². The van der Waals surface area contributed by atoms with E-state index < -0.39 is 54.7 Å². The first-order valence-electron chi connectivity index (χ1n) is 6.45. The van der Waals surface area contributed by atoms with Gasteiger partial charge in [0.1, 0.15) is 0 Å². The number of amides is 1.